The largest absolute Gasteiger partial charge is 0.308 e. The highest BCUT2D eigenvalue weighted by molar-refractivity contribution is 6.27. The zero-order valence-electron chi connectivity index (χ0n) is 30.0. The molecule has 2 heterocycles. The Morgan fingerprint density at radius 2 is 0.909 bits per heavy atom. The highest BCUT2D eigenvalue weighted by Gasteiger charge is 2.22. The summed E-state index contributed by atoms with van der Waals surface area (Å²) in [7, 11) is 0. The van der Waals surface area contributed by atoms with E-state index in [1.54, 1.807) is 0 Å². The van der Waals surface area contributed by atoms with Gasteiger partial charge in [0.2, 0.25) is 0 Å². The maximum Gasteiger partial charge on any atom is 0.0956 e. The lowest BCUT2D eigenvalue weighted by Gasteiger charge is -2.27. The van der Waals surface area contributed by atoms with E-state index in [1.165, 1.54) is 0 Å². The monoisotopic (exact) mass is 701 g/mol. The van der Waals surface area contributed by atoms with Crippen molar-refractivity contribution >= 4 is 49.5 Å². The predicted octanol–water partition coefficient (Wildman–Crippen LogP) is 14.1. The van der Waals surface area contributed by atoms with Gasteiger partial charge in [-0.2, -0.15) is 0 Å². The summed E-state index contributed by atoms with van der Waals surface area (Å²) in [6, 6.07) is 74.9. The second kappa shape index (κ2) is 13.9. The number of benzene rings is 8. The molecule has 0 aliphatic carbocycles. The third-order valence-corrected chi connectivity index (χ3v) is 10.4. The van der Waals surface area contributed by atoms with E-state index in [1.807, 2.05) is 0 Å². The van der Waals surface area contributed by atoms with Crippen molar-refractivity contribution in [1.29, 1.82) is 0 Å². The number of pyridine rings is 2. The Labute approximate surface area is 320 Å². The topological polar surface area (TPSA) is 29.0 Å². The van der Waals surface area contributed by atoms with Crippen molar-refractivity contribution in [2.75, 3.05) is 4.90 Å². The third kappa shape index (κ3) is 5.89. The Bertz CT molecular complexity index is 2850. The summed E-state index contributed by atoms with van der Waals surface area (Å²) < 4.78 is 0. The Kier molecular flexibility index (Phi) is 8.16. The molecule has 0 aliphatic heterocycles. The van der Waals surface area contributed by atoms with E-state index in [-0.39, 0.29) is 0 Å². The van der Waals surface area contributed by atoms with Crippen LogP contribution in [0.2, 0.25) is 0 Å². The van der Waals surface area contributed by atoms with Crippen LogP contribution in [0.3, 0.4) is 0 Å². The summed E-state index contributed by atoms with van der Waals surface area (Å²) in [5.74, 6) is 0. The molecule has 258 valence electrons. The Hall–Kier alpha value is -7.36. The molecule has 0 radical (unpaired) electrons. The molecule has 0 amide bonds. The average molecular weight is 702 g/mol. The molecule has 3 heteroatoms. The van der Waals surface area contributed by atoms with Crippen LogP contribution in [0.1, 0.15) is 0 Å². The lowest BCUT2D eigenvalue weighted by atomic mass is 9.90. The first-order valence-corrected chi connectivity index (χ1v) is 18.7. The Morgan fingerprint density at radius 1 is 0.345 bits per heavy atom. The third-order valence-electron chi connectivity index (χ3n) is 10.4. The molecule has 10 rings (SSSR count). The average Bonchev–Trinajstić information content (AvgIpc) is 3.27. The van der Waals surface area contributed by atoms with Crippen molar-refractivity contribution in [3.63, 3.8) is 0 Å². The van der Waals surface area contributed by atoms with Crippen molar-refractivity contribution in [1.82, 2.24) is 9.97 Å². The molecule has 0 unspecified atom stereocenters. The van der Waals surface area contributed by atoms with Gasteiger partial charge in [-0.05, 0) is 64.4 Å². The van der Waals surface area contributed by atoms with E-state index in [4.69, 9.17) is 9.97 Å². The van der Waals surface area contributed by atoms with Crippen molar-refractivity contribution in [2.24, 2.45) is 0 Å². The summed E-state index contributed by atoms with van der Waals surface area (Å²) in [5, 5.41) is 5.66. The Balaban J connectivity index is 1.33. The van der Waals surface area contributed by atoms with Crippen LogP contribution in [0.25, 0.3) is 77.3 Å². The summed E-state index contributed by atoms with van der Waals surface area (Å²) >= 11 is 0. The maximum absolute atomic E-state index is 5.60. The van der Waals surface area contributed by atoms with Crippen LogP contribution in [0.4, 0.5) is 17.1 Å². The molecule has 0 N–H and O–H groups in total. The predicted molar refractivity (Wildman–Crippen MR) is 231 cm³/mol. The first-order valence-electron chi connectivity index (χ1n) is 18.7. The fourth-order valence-corrected chi connectivity index (χ4v) is 7.89. The number of aromatic nitrogens is 2. The van der Waals surface area contributed by atoms with Gasteiger partial charge in [-0.1, -0.05) is 170 Å². The minimum Gasteiger partial charge on any atom is -0.308 e. The van der Waals surface area contributed by atoms with Crippen LogP contribution in [-0.4, -0.2) is 9.97 Å². The summed E-state index contributed by atoms with van der Waals surface area (Å²) in [6.45, 7) is 0. The summed E-state index contributed by atoms with van der Waals surface area (Å²) in [6.07, 6.45) is 0. The molecular weight excluding hydrogens is 667 g/mol. The van der Waals surface area contributed by atoms with Crippen molar-refractivity contribution in [3.8, 4) is 44.9 Å². The highest BCUT2D eigenvalue weighted by Crippen LogP contribution is 2.45. The fourth-order valence-electron chi connectivity index (χ4n) is 7.89. The maximum atomic E-state index is 5.60. The van der Waals surface area contributed by atoms with Gasteiger partial charge in [-0.25, -0.2) is 9.97 Å². The first kappa shape index (κ1) is 32.3. The van der Waals surface area contributed by atoms with Gasteiger partial charge in [-0.3, -0.25) is 0 Å². The van der Waals surface area contributed by atoms with Crippen LogP contribution in [0.5, 0.6) is 0 Å². The molecule has 10 aromatic rings. The van der Waals surface area contributed by atoms with Crippen LogP contribution < -0.4 is 4.90 Å². The molecule has 0 atom stereocenters. The molecule has 55 heavy (non-hydrogen) atoms. The number of fused-ring (bicyclic) bond motifs is 5. The number of anilines is 3. The quantitative estimate of drug-likeness (QED) is 0.155. The number of hydrogen-bond acceptors (Lipinski definition) is 3. The number of rotatable bonds is 7. The minimum atomic E-state index is 0.927. The van der Waals surface area contributed by atoms with E-state index < -0.39 is 0 Å². The van der Waals surface area contributed by atoms with Gasteiger partial charge < -0.3 is 4.90 Å². The molecule has 0 spiro atoms. The number of para-hydroxylation sites is 3. The second-order valence-electron chi connectivity index (χ2n) is 13.8. The molecule has 0 saturated heterocycles. The zero-order chi connectivity index (χ0) is 36.6. The number of hydrogen-bond donors (Lipinski definition) is 0. The molecule has 0 saturated carbocycles. The molecule has 0 bridgehead atoms. The van der Waals surface area contributed by atoms with E-state index in [9.17, 15) is 0 Å². The lowest BCUT2D eigenvalue weighted by molar-refractivity contribution is 1.28. The van der Waals surface area contributed by atoms with Crippen molar-refractivity contribution in [2.45, 2.75) is 0 Å². The van der Waals surface area contributed by atoms with Gasteiger partial charge in [0.05, 0.1) is 28.3 Å². The lowest BCUT2D eigenvalue weighted by Crippen LogP contribution is -2.11. The first-order chi connectivity index (χ1) is 27.3. The van der Waals surface area contributed by atoms with Crippen molar-refractivity contribution in [3.05, 3.63) is 212 Å². The van der Waals surface area contributed by atoms with E-state index in [0.717, 1.165) is 94.4 Å². The molecule has 3 nitrogen and oxygen atoms in total. The number of nitrogens with zero attached hydrogens (tertiary/aromatic N) is 3. The SMILES string of the molecule is c1ccc(-c2cc(-c3ccccc3)nc(-c3cccc4ccc5c(-c6ccccc6)nc6c(N(c7ccccc7)c7ccccc7)cccc6c5c34)c2)cc1. The molecule has 8 aromatic carbocycles. The van der Waals surface area contributed by atoms with Crippen LogP contribution >= 0.6 is 0 Å². The van der Waals surface area contributed by atoms with Gasteiger partial charge in [0.1, 0.15) is 0 Å². The van der Waals surface area contributed by atoms with Gasteiger partial charge in [0, 0.05) is 44.2 Å². The van der Waals surface area contributed by atoms with Crippen LogP contribution in [0.15, 0.2) is 212 Å². The highest BCUT2D eigenvalue weighted by atomic mass is 15.1. The van der Waals surface area contributed by atoms with E-state index in [0.29, 0.717) is 0 Å². The summed E-state index contributed by atoms with van der Waals surface area (Å²) in [4.78, 5) is 13.3. The molecule has 0 fully saturated rings. The van der Waals surface area contributed by atoms with E-state index >= 15 is 0 Å². The second-order valence-corrected chi connectivity index (χ2v) is 13.8. The normalized spacial score (nSPS) is 11.3. The van der Waals surface area contributed by atoms with Gasteiger partial charge in [-0.15, -0.1) is 0 Å². The van der Waals surface area contributed by atoms with Crippen LogP contribution in [-0.2, 0) is 0 Å². The fraction of sp³-hybridized carbons (Fsp3) is 0. The molecular formula is C52H35N3. The smallest absolute Gasteiger partial charge is 0.0956 e. The summed E-state index contributed by atoms with van der Waals surface area (Å²) in [5.41, 5.74) is 12.4. The zero-order valence-corrected chi connectivity index (χ0v) is 30.0. The molecule has 2 aromatic heterocycles. The van der Waals surface area contributed by atoms with Gasteiger partial charge in [0.25, 0.3) is 0 Å². The van der Waals surface area contributed by atoms with Crippen LogP contribution in [0, 0.1) is 0 Å². The standard InChI is InChI=1S/C52H35N3/c1-6-18-36(19-7-1)40-34-46(37-20-8-2-9-21-37)53-47(35-40)43-29-16-24-38-32-33-45-50(49(38)43)44-30-17-31-48(52(44)54-51(45)39-22-10-3-11-23-39)55(41-25-12-4-13-26-41)42-27-14-5-15-28-42/h1-35H. The Morgan fingerprint density at radius 3 is 1.56 bits per heavy atom. The van der Waals surface area contributed by atoms with E-state index in [2.05, 4.69) is 217 Å². The minimum absolute atomic E-state index is 0.927. The van der Waals surface area contributed by atoms with Gasteiger partial charge in [0.15, 0.2) is 0 Å². The van der Waals surface area contributed by atoms with Crippen molar-refractivity contribution < 1.29 is 0 Å². The van der Waals surface area contributed by atoms with Gasteiger partial charge >= 0.3 is 0 Å². The molecule has 0 aliphatic rings.